The van der Waals surface area contributed by atoms with E-state index in [9.17, 15) is 10.2 Å². The van der Waals surface area contributed by atoms with Crippen LogP contribution in [0.15, 0.2) is 66.8 Å². The third-order valence-electron chi connectivity index (χ3n) is 3.09. The Labute approximate surface area is 124 Å². The summed E-state index contributed by atoms with van der Waals surface area (Å²) in [7, 11) is 0. The van der Waals surface area contributed by atoms with Crippen LogP contribution in [0.3, 0.4) is 0 Å². The van der Waals surface area contributed by atoms with Gasteiger partial charge in [0.05, 0.1) is 6.61 Å². The second kappa shape index (κ2) is 7.31. The van der Waals surface area contributed by atoms with Gasteiger partial charge < -0.3 is 15.3 Å². The molecule has 0 aliphatic carbocycles. The topological polar surface area (TPSA) is 60.7 Å². The van der Waals surface area contributed by atoms with Crippen molar-refractivity contribution in [2.45, 2.75) is 6.42 Å². The molecule has 0 atom stereocenters. The molecule has 0 saturated heterocycles. The zero-order chi connectivity index (χ0) is 15.1. The third-order valence-corrected chi connectivity index (χ3v) is 3.09. The first-order valence-electron chi connectivity index (χ1n) is 6.75. The molecular weight excluding hydrogens is 264 g/mol. The molecule has 0 aliphatic heterocycles. The minimum atomic E-state index is 0.0294. The maximum Gasteiger partial charge on any atom is 0.115 e. The number of aliphatic hydroxyl groups is 1. The smallest absolute Gasteiger partial charge is 0.115 e. The van der Waals surface area contributed by atoms with Crippen LogP contribution in [-0.4, -0.2) is 21.9 Å². The highest BCUT2D eigenvalue weighted by atomic mass is 16.3. The van der Waals surface area contributed by atoms with Crippen LogP contribution in [0.1, 0.15) is 17.5 Å². The Morgan fingerprint density at radius 1 is 0.762 bits per heavy atom. The molecule has 0 amide bonds. The summed E-state index contributed by atoms with van der Waals surface area (Å²) >= 11 is 0. The van der Waals surface area contributed by atoms with E-state index in [-0.39, 0.29) is 18.1 Å². The number of phenolic OH excluding ortho intramolecular Hbond substituents is 2. The highest BCUT2D eigenvalue weighted by Gasteiger charge is 2.05. The van der Waals surface area contributed by atoms with Crippen molar-refractivity contribution in [2.75, 3.05) is 6.61 Å². The Balaban J connectivity index is 2.36. The Hall–Kier alpha value is -2.52. The Kier molecular flexibility index (Phi) is 5.18. The molecule has 3 nitrogen and oxygen atoms in total. The minimum Gasteiger partial charge on any atom is -0.508 e. The molecule has 0 spiro atoms. The predicted molar refractivity (Wildman–Crippen MR) is 84.1 cm³/mol. The van der Waals surface area contributed by atoms with Crippen molar-refractivity contribution in [3.63, 3.8) is 0 Å². The van der Waals surface area contributed by atoms with E-state index in [1.165, 1.54) is 0 Å². The van der Waals surface area contributed by atoms with E-state index >= 15 is 0 Å². The van der Waals surface area contributed by atoms with Gasteiger partial charge in [-0.25, -0.2) is 0 Å². The quantitative estimate of drug-likeness (QED) is 0.736. The van der Waals surface area contributed by atoms with Gasteiger partial charge in [-0.2, -0.15) is 0 Å². The van der Waals surface area contributed by atoms with E-state index in [4.69, 9.17) is 5.11 Å². The lowest BCUT2D eigenvalue weighted by atomic mass is 9.96. The fourth-order valence-electron chi connectivity index (χ4n) is 2.04. The van der Waals surface area contributed by atoms with Crippen LogP contribution in [0.25, 0.3) is 5.57 Å². The minimum absolute atomic E-state index is 0.0294. The van der Waals surface area contributed by atoms with E-state index in [1.54, 1.807) is 30.3 Å². The lowest BCUT2D eigenvalue weighted by molar-refractivity contribution is 0.342. The van der Waals surface area contributed by atoms with Crippen LogP contribution in [0, 0.1) is 0 Å². The summed E-state index contributed by atoms with van der Waals surface area (Å²) in [6.45, 7) is 0.0294. The van der Waals surface area contributed by atoms with Crippen LogP contribution < -0.4 is 0 Å². The Morgan fingerprint density at radius 3 is 1.67 bits per heavy atom. The van der Waals surface area contributed by atoms with Gasteiger partial charge >= 0.3 is 0 Å². The average molecular weight is 282 g/mol. The van der Waals surface area contributed by atoms with E-state index in [2.05, 4.69) is 0 Å². The van der Waals surface area contributed by atoms with Crippen molar-refractivity contribution >= 4 is 5.57 Å². The summed E-state index contributed by atoms with van der Waals surface area (Å²) in [6.07, 6.45) is 6.32. The second-order valence-corrected chi connectivity index (χ2v) is 4.60. The summed E-state index contributed by atoms with van der Waals surface area (Å²) in [5.41, 5.74) is 2.98. The van der Waals surface area contributed by atoms with Crippen LogP contribution >= 0.6 is 0 Å². The average Bonchev–Trinajstić information content (AvgIpc) is 2.50. The molecule has 0 saturated carbocycles. The molecule has 0 aromatic heterocycles. The van der Waals surface area contributed by atoms with E-state index < -0.39 is 0 Å². The number of benzene rings is 2. The Morgan fingerprint density at radius 2 is 1.24 bits per heavy atom. The van der Waals surface area contributed by atoms with Gasteiger partial charge in [0.25, 0.3) is 0 Å². The molecule has 2 aromatic carbocycles. The number of hydrogen-bond donors (Lipinski definition) is 3. The third kappa shape index (κ3) is 4.23. The van der Waals surface area contributed by atoms with Crippen LogP contribution in [-0.2, 0) is 0 Å². The maximum atomic E-state index is 9.40. The largest absolute Gasteiger partial charge is 0.508 e. The lowest BCUT2D eigenvalue weighted by Gasteiger charge is -2.09. The number of phenols is 2. The second-order valence-electron chi connectivity index (χ2n) is 4.60. The normalized spacial score (nSPS) is 10.7. The molecule has 3 heteroatoms. The molecule has 2 aromatic rings. The monoisotopic (exact) mass is 282 g/mol. The zero-order valence-corrected chi connectivity index (χ0v) is 11.6. The SMILES string of the molecule is OCC=CCC=C(c1ccc(O)cc1)c1ccc(O)cc1. The fraction of sp³-hybridized carbons (Fsp3) is 0.111. The van der Waals surface area contributed by atoms with Crippen LogP contribution in [0.5, 0.6) is 11.5 Å². The van der Waals surface area contributed by atoms with Gasteiger partial charge in [-0.1, -0.05) is 42.5 Å². The van der Waals surface area contributed by atoms with Gasteiger partial charge in [-0.15, -0.1) is 0 Å². The van der Waals surface area contributed by atoms with Crippen molar-refractivity contribution in [1.82, 2.24) is 0 Å². The van der Waals surface area contributed by atoms with Gasteiger partial charge in [0.15, 0.2) is 0 Å². The summed E-state index contributed by atoms with van der Waals surface area (Å²) in [5, 5.41) is 27.6. The first-order valence-corrected chi connectivity index (χ1v) is 6.75. The number of rotatable bonds is 5. The fourth-order valence-corrected chi connectivity index (χ4v) is 2.04. The predicted octanol–water partition coefficient (Wildman–Crippen LogP) is 3.47. The van der Waals surface area contributed by atoms with Crippen LogP contribution in [0.2, 0.25) is 0 Å². The van der Waals surface area contributed by atoms with Crippen molar-refractivity contribution in [3.05, 3.63) is 77.9 Å². The maximum absolute atomic E-state index is 9.40. The number of aromatic hydroxyl groups is 2. The van der Waals surface area contributed by atoms with Crippen molar-refractivity contribution in [1.29, 1.82) is 0 Å². The summed E-state index contributed by atoms with van der Waals surface area (Å²) in [4.78, 5) is 0. The van der Waals surface area contributed by atoms with Crippen molar-refractivity contribution in [2.24, 2.45) is 0 Å². The lowest BCUT2D eigenvalue weighted by Crippen LogP contribution is -1.88. The summed E-state index contributed by atoms with van der Waals surface area (Å²) in [6, 6.07) is 14.0. The number of allylic oxidation sites excluding steroid dienone is 2. The number of hydrogen-bond acceptors (Lipinski definition) is 3. The molecule has 0 heterocycles. The highest BCUT2D eigenvalue weighted by molar-refractivity contribution is 5.80. The molecule has 0 fully saturated rings. The molecule has 2 rings (SSSR count). The molecule has 3 N–H and O–H groups in total. The Bertz CT molecular complexity index is 575. The summed E-state index contributed by atoms with van der Waals surface area (Å²) in [5.74, 6) is 0.452. The van der Waals surface area contributed by atoms with Gasteiger partial charge in [0.1, 0.15) is 11.5 Å². The molecular formula is C18H18O3. The van der Waals surface area contributed by atoms with Gasteiger partial charge in [0.2, 0.25) is 0 Å². The number of aliphatic hydroxyl groups excluding tert-OH is 1. The van der Waals surface area contributed by atoms with Gasteiger partial charge in [-0.3, -0.25) is 0 Å². The standard InChI is InChI=1S/C18H18O3/c19-13-3-1-2-4-18(14-5-9-16(20)10-6-14)15-7-11-17(21)12-8-15/h1,3-12,19-21H,2,13H2. The zero-order valence-electron chi connectivity index (χ0n) is 11.6. The molecule has 0 radical (unpaired) electrons. The molecule has 0 unspecified atom stereocenters. The first kappa shape index (κ1) is 14.9. The van der Waals surface area contributed by atoms with E-state index in [0.717, 1.165) is 16.7 Å². The molecule has 0 aliphatic rings. The van der Waals surface area contributed by atoms with Crippen molar-refractivity contribution < 1.29 is 15.3 Å². The first-order chi connectivity index (χ1) is 10.2. The van der Waals surface area contributed by atoms with Gasteiger partial charge in [0, 0.05) is 0 Å². The highest BCUT2D eigenvalue weighted by Crippen LogP contribution is 2.26. The van der Waals surface area contributed by atoms with Crippen molar-refractivity contribution in [3.8, 4) is 11.5 Å². The van der Waals surface area contributed by atoms with Crippen LogP contribution in [0.4, 0.5) is 0 Å². The van der Waals surface area contributed by atoms with E-state index in [1.807, 2.05) is 36.4 Å². The molecule has 21 heavy (non-hydrogen) atoms. The molecule has 0 bridgehead atoms. The van der Waals surface area contributed by atoms with E-state index in [0.29, 0.717) is 6.42 Å². The summed E-state index contributed by atoms with van der Waals surface area (Å²) < 4.78 is 0. The van der Waals surface area contributed by atoms with Gasteiger partial charge in [-0.05, 0) is 47.4 Å². The molecule has 108 valence electrons.